The topological polar surface area (TPSA) is 79.3 Å². The van der Waals surface area contributed by atoms with E-state index >= 15 is 0 Å². The number of aromatic nitrogens is 1. The van der Waals surface area contributed by atoms with Gasteiger partial charge in [0.25, 0.3) is 5.91 Å². The normalized spacial score (nSPS) is 12.0. The van der Waals surface area contributed by atoms with Gasteiger partial charge in [-0.25, -0.2) is 9.78 Å². The zero-order valence-corrected chi connectivity index (χ0v) is 16.1. The van der Waals surface area contributed by atoms with E-state index in [4.69, 9.17) is 11.6 Å². The lowest BCUT2D eigenvalue weighted by Gasteiger charge is -2.17. The molecular formula is C23H17ClN2O3. The van der Waals surface area contributed by atoms with Crippen LogP contribution in [0.2, 0.25) is 5.15 Å². The number of rotatable bonds is 5. The van der Waals surface area contributed by atoms with Crippen LogP contribution in [0.3, 0.4) is 0 Å². The third kappa shape index (κ3) is 3.91. The molecule has 144 valence electrons. The Morgan fingerprint density at radius 2 is 1.59 bits per heavy atom. The van der Waals surface area contributed by atoms with Crippen LogP contribution in [0.4, 0.5) is 0 Å². The number of fused-ring (bicyclic) bond motifs is 2. The molecule has 3 aromatic carbocycles. The first-order chi connectivity index (χ1) is 14.0. The Hall–Kier alpha value is -3.44. The second-order valence-corrected chi connectivity index (χ2v) is 7.14. The number of halogens is 1. The molecule has 0 saturated carbocycles. The van der Waals surface area contributed by atoms with E-state index in [2.05, 4.69) is 10.3 Å². The number of nitrogens with zero attached hydrogens (tertiary/aromatic N) is 1. The van der Waals surface area contributed by atoms with E-state index in [9.17, 15) is 14.7 Å². The minimum absolute atomic E-state index is 0.105. The SMILES string of the molecule is O=C(N[C@H](Cc1ccc(Cl)nc1)C(=O)O)c1c2ccccc2cc2ccccc12. The molecule has 0 fully saturated rings. The molecule has 29 heavy (non-hydrogen) atoms. The van der Waals surface area contributed by atoms with Crippen LogP contribution in [0.1, 0.15) is 15.9 Å². The second-order valence-electron chi connectivity index (χ2n) is 6.75. The van der Waals surface area contributed by atoms with Crippen molar-refractivity contribution in [1.29, 1.82) is 0 Å². The number of carbonyl (C=O) groups is 2. The molecule has 2 N–H and O–H groups in total. The van der Waals surface area contributed by atoms with Crippen molar-refractivity contribution in [2.45, 2.75) is 12.5 Å². The molecule has 0 aliphatic carbocycles. The van der Waals surface area contributed by atoms with Crippen molar-refractivity contribution >= 4 is 45.0 Å². The predicted molar refractivity (Wildman–Crippen MR) is 113 cm³/mol. The lowest BCUT2D eigenvalue weighted by molar-refractivity contribution is -0.139. The maximum absolute atomic E-state index is 13.2. The maximum Gasteiger partial charge on any atom is 0.326 e. The van der Waals surface area contributed by atoms with Crippen LogP contribution in [0.25, 0.3) is 21.5 Å². The zero-order chi connectivity index (χ0) is 20.4. The van der Waals surface area contributed by atoms with Crippen molar-refractivity contribution in [2.75, 3.05) is 0 Å². The molecule has 4 aromatic rings. The molecule has 0 aliphatic rings. The van der Waals surface area contributed by atoms with Crippen LogP contribution in [-0.4, -0.2) is 28.0 Å². The predicted octanol–water partition coefficient (Wildman–Crippen LogP) is 4.47. The second kappa shape index (κ2) is 7.89. The van der Waals surface area contributed by atoms with Gasteiger partial charge < -0.3 is 10.4 Å². The number of benzene rings is 3. The summed E-state index contributed by atoms with van der Waals surface area (Å²) >= 11 is 5.79. The summed E-state index contributed by atoms with van der Waals surface area (Å²) in [6.07, 6.45) is 1.62. The number of hydrogen-bond acceptors (Lipinski definition) is 3. The molecule has 1 aromatic heterocycles. The number of carbonyl (C=O) groups excluding carboxylic acids is 1. The first-order valence-electron chi connectivity index (χ1n) is 9.07. The van der Waals surface area contributed by atoms with Gasteiger partial charge in [-0.2, -0.15) is 0 Å². The largest absolute Gasteiger partial charge is 0.480 e. The highest BCUT2D eigenvalue weighted by Gasteiger charge is 2.23. The van der Waals surface area contributed by atoms with Crippen molar-refractivity contribution in [1.82, 2.24) is 10.3 Å². The first-order valence-corrected chi connectivity index (χ1v) is 9.45. The number of hydrogen-bond donors (Lipinski definition) is 2. The van der Waals surface area contributed by atoms with Gasteiger partial charge in [0.15, 0.2) is 0 Å². The summed E-state index contributed by atoms with van der Waals surface area (Å²) in [6.45, 7) is 0. The standard InChI is InChI=1S/C23H17ClN2O3/c24-20-10-9-14(13-25-20)11-19(23(28)29)26-22(27)21-17-7-3-1-5-15(17)12-16-6-2-4-8-18(16)21/h1-10,12-13,19H,11H2,(H,26,27)(H,28,29)/t19-/m1/s1. The van der Waals surface area contributed by atoms with E-state index in [-0.39, 0.29) is 6.42 Å². The van der Waals surface area contributed by atoms with Crippen LogP contribution in [0, 0.1) is 0 Å². The fourth-order valence-electron chi connectivity index (χ4n) is 3.45. The van der Waals surface area contributed by atoms with Gasteiger partial charge in [-0.1, -0.05) is 66.2 Å². The molecule has 0 bridgehead atoms. The fourth-order valence-corrected chi connectivity index (χ4v) is 3.56. The van der Waals surface area contributed by atoms with Crippen molar-refractivity contribution in [2.24, 2.45) is 0 Å². The molecule has 1 amide bonds. The number of pyridine rings is 1. The molecule has 0 saturated heterocycles. The molecular weight excluding hydrogens is 388 g/mol. The molecule has 0 unspecified atom stereocenters. The van der Waals surface area contributed by atoms with E-state index < -0.39 is 17.9 Å². The molecule has 5 nitrogen and oxygen atoms in total. The summed E-state index contributed by atoms with van der Waals surface area (Å²) in [6, 6.07) is 19.4. The third-order valence-corrected chi connectivity index (χ3v) is 5.05. The molecule has 1 heterocycles. The van der Waals surface area contributed by atoms with Gasteiger partial charge >= 0.3 is 5.97 Å². The minimum atomic E-state index is -1.11. The van der Waals surface area contributed by atoms with Gasteiger partial charge in [-0.15, -0.1) is 0 Å². The summed E-state index contributed by atoms with van der Waals surface area (Å²) in [5.41, 5.74) is 1.14. The van der Waals surface area contributed by atoms with Crippen LogP contribution in [-0.2, 0) is 11.2 Å². The Bertz CT molecular complexity index is 1170. The first kappa shape index (κ1) is 18.9. The summed E-state index contributed by atoms with van der Waals surface area (Å²) < 4.78 is 0. The van der Waals surface area contributed by atoms with Crippen molar-refractivity contribution < 1.29 is 14.7 Å². The Morgan fingerprint density at radius 1 is 0.966 bits per heavy atom. The van der Waals surface area contributed by atoms with Crippen molar-refractivity contribution in [3.63, 3.8) is 0 Å². The Balaban J connectivity index is 1.73. The lowest BCUT2D eigenvalue weighted by Crippen LogP contribution is -2.42. The highest BCUT2D eigenvalue weighted by atomic mass is 35.5. The van der Waals surface area contributed by atoms with Crippen molar-refractivity contribution in [3.8, 4) is 0 Å². The highest BCUT2D eigenvalue weighted by Crippen LogP contribution is 2.28. The van der Waals surface area contributed by atoms with Crippen molar-refractivity contribution in [3.05, 3.63) is 89.2 Å². The average Bonchev–Trinajstić information content (AvgIpc) is 2.72. The summed E-state index contributed by atoms with van der Waals surface area (Å²) in [7, 11) is 0. The van der Waals surface area contributed by atoms with E-state index in [1.54, 1.807) is 12.1 Å². The minimum Gasteiger partial charge on any atom is -0.480 e. The zero-order valence-electron chi connectivity index (χ0n) is 15.3. The smallest absolute Gasteiger partial charge is 0.326 e. The summed E-state index contributed by atoms with van der Waals surface area (Å²) in [4.78, 5) is 29.0. The molecule has 0 spiro atoms. The van der Waals surface area contributed by atoms with E-state index in [0.717, 1.165) is 21.5 Å². The molecule has 0 radical (unpaired) electrons. The Kier molecular flexibility index (Phi) is 5.14. The van der Waals surface area contributed by atoms with Gasteiger partial charge in [0, 0.05) is 12.6 Å². The maximum atomic E-state index is 13.2. The molecule has 6 heteroatoms. The highest BCUT2D eigenvalue weighted by molar-refractivity contribution is 6.29. The fraction of sp³-hybridized carbons (Fsp3) is 0.0870. The van der Waals surface area contributed by atoms with Crippen LogP contribution >= 0.6 is 11.6 Å². The molecule has 0 aliphatic heterocycles. The van der Waals surface area contributed by atoms with Crippen LogP contribution in [0.5, 0.6) is 0 Å². The van der Waals surface area contributed by atoms with Gasteiger partial charge in [0.2, 0.25) is 0 Å². The Labute approximate surface area is 172 Å². The third-order valence-electron chi connectivity index (χ3n) is 4.83. The van der Waals surface area contributed by atoms with E-state index in [1.165, 1.54) is 6.20 Å². The van der Waals surface area contributed by atoms with Crippen LogP contribution < -0.4 is 5.32 Å². The number of carboxylic acids is 1. The van der Waals surface area contributed by atoms with Gasteiger partial charge in [0.1, 0.15) is 11.2 Å². The number of amides is 1. The number of nitrogens with one attached hydrogen (secondary N) is 1. The monoisotopic (exact) mass is 404 g/mol. The molecule has 1 atom stereocenters. The van der Waals surface area contributed by atoms with E-state index in [0.29, 0.717) is 16.3 Å². The van der Waals surface area contributed by atoms with Gasteiger partial charge in [-0.05, 0) is 39.2 Å². The summed E-state index contributed by atoms with van der Waals surface area (Å²) in [5.74, 6) is -1.54. The Morgan fingerprint density at radius 3 is 2.14 bits per heavy atom. The van der Waals surface area contributed by atoms with Gasteiger partial charge in [-0.3, -0.25) is 4.79 Å². The number of aliphatic carboxylic acids is 1. The summed E-state index contributed by atoms with van der Waals surface area (Å²) in [5, 5.41) is 16.1. The number of carboxylic acid groups (broad SMARTS) is 1. The lowest BCUT2D eigenvalue weighted by atomic mass is 9.96. The quantitative estimate of drug-likeness (QED) is 0.380. The van der Waals surface area contributed by atoms with E-state index in [1.807, 2.05) is 54.6 Å². The molecule has 4 rings (SSSR count). The average molecular weight is 405 g/mol. The van der Waals surface area contributed by atoms with Gasteiger partial charge in [0.05, 0.1) is 5.56 Å². The van der Waals surface area contributed by atoms with Crippen LogP contribution in [0.15, 0.2) is 72.9 Å².